The Morgan fingerprint density at radius 2 is 2.12 bits per heavy atom. The number of nitrogens with zero attached hydrogens (tertiary/aromatic N) is 1. The smallest absolute Gasteiger partial charge is 0.330 e. The zero-order valence-electron chi connectivity index (χ0n) is 9.00. The molecule has 0 spiro atoms. The summed E-state index contributed by atoms with van der Waals surface area (Å²) in [5.74, 6) is -0.414. The summed E-state index contributed by atoms with van der Waals surface area (Å²) >= 11 is 0. The van der Waals surface area contributed by atoms with Crippen molar-refractivity contribution < 1.29 is 19.2 Å². The molecule has 0 unspecified atom stereocenters. The molecule has 1 rings (SSSR count). The van der Waals surface area contributed by atoms with Gasteiger partial charge in [0.2, 0.25) is 0 Å². The summed E-state index contributed by atoms with van der Waals surface area (Å²) in [4.78, 5) is 20.8. The number of ether oxygens (including phenoxy) is 2. The van der Waals surface area contributed by atoms with E-state index < -0.39 is 10.9 Å². The van der Waals surface area contributed by atoms with E-state index in [-0.39, 0.29) is 24.7 Å². The van der Waals surface area contributed by atoms with E-state index in [1.54, 1.807) is 12.1 Å². The maximum atomic E-state index is 10.7. The van der Waals surface area contributed by atoms with Crippen molar-refractivity contribution in [2.75, 3.05) is 13.2 Å². The van der Waals surface area contributed by atoms with Crippen LogP contribution in [-0.2, 0) is 9.53 Å². The first kappa shape index (κ1) is 12.7. The van der Waals surface area contributed by atoms with E-state index in [2.05, 4.69) is 11.3 Å². The number of rotatable bonds is 6. The van der Waals surface area contributed by atoms with Crippen LogP contribution in [0.15, 0.2) is 36.9 Å². The van der Waals surface area contributed by atoms with Gasteiger partial charge in [-0.3, -0.25) is 10.1 Å². The number of para-hydroxylation sites is 2. The number of hydrogen-bond acceptors (Lipinski definition) is 5. The molecule has 6 nitrogen and oxygen atoms in total. The van der Waals surface area contributed by atoms with E-state index in [9.17, 15) is 14.9 Å². The Bertz CT molecular complexity index is 430. The summed E-state index contributed by atoms with van der Waals surface area (Å²) in [7, 11) is 0. The normalized spacial score (nSPS) is 9.41. The van der Waals surface area contributed by atoms with E-state index >= 15 is 0 Å². The minimum absolute atomic E-state index is 0.0108. The summed E-state index contributed by atoms with van der Waals surface area (Å²) in [6.07, 6.45) is 1.03. The molecule has 0 aromatic heterocycles. The van der Waals surface area contributed by atoms with Crippen LogP contribution in [0.2, 0.25) is 0 Å². The summed E-state index contributed by atoms with van der Waals surface area (Å²) < 4.78 is 9.80. The van der Waals surface area contributed by atoms with Gasteiger partial charge in [0.15, 0.2) is 5.75 Å². The number of nitro benzene ring substituents is 1. The predicted molar refractivity (Wildman–Crippen MR) is 59.7 cm³/mol. The van der Waals surface area contributed by atoms with Crippen LogP contribution in [0.3, 0.4) is 0 Å². The van der Waals surface area contributed by atoms with Gasteiger partial charge >= 0.3 is 11.7 Å². The van der Waals surface area contributed by atoms with Gasteiger partial charge < -0.3 is 9.47 Å². The molecule has 0 aliphatic heterocycles. The maximum Gasteiger partial charge on any atom is 0.330 e. The highest BCUT2D eigenvalue weighted by Gasteiger charge is 2.13. The molecule has 0 saturated heterocycles. The zero-order valence-corrected chi connectivity index (χ0v) is 9.00. The highest BCUT2D eigenvalue weighted by atomic mass is 16.6. The SMILES string of the molecule is C=CC(=O)OCCOc1ccccc1[N+](=O)[O-]. The molecule has 0 radical (unpaired) electrons. The molecule has 17 heavy (non-hydrogen) atoms. The summed E-state index contributed by atoms with van der Waals surface area (Å²) in [5.41, 5.74) is -0.123. The number of benzene rings is 1. The molecule has 0 fully saturated rings. The largest absolute Gasteiger partial charge is 0.483 e. The minimum atomic E-state index is -0.559. The Balaban J connectivity index is 2.49. The Morgan fingerprint density at radius 3 is 2.76 bits per heavy atom. The number of carbonyl (C=O) groups excluding carboxylic acids is 1. The lowest BCUT2D eigenvalue weighted by Crippen LogP contribution is -2.10. The maximum absolute atomic E-state index is 10.7. The lowest BCUT2D eigenvalue weighted by Gasteiger charge is -2.06. The van der Waals surface area contributed by atoms with Crippen LogP contribution in [0.4, 0.5) is 5.69 Å². The molecule has 1 aromatic carbocycles. The van der Waals surface area contributed by atoms with Gasteiger partial charge in [-0.05, 0) is 6.07 Å². The van der Waals surface area contributed by atoms with Crippen molar-refractivity contribution in [3.63, 3.8) is 0 Å². The van der Waals surface area contributed by atoms with Crippen molar-refractivity contribution in [3.05, 3.63) is 47.0 Å². The average molecular weight is 237 g/mol. The van der Waals surface area contributed by atoms with Gasteiger partial charge in [0.05, 0.1) is 4.92 Å². The van der Waals surface area contributed by atoms with E-state index in [1.165, 1.54) is 12.1 Å². The average Bonchev–Trinajstić information content (AvgIpc) is 2.34. The van der Waals surface area contributed by atoms with Gasteiger partial charge in [0.25, 0.3) is 0 Å². The molecule has 0 bridgehead atoms. The number of esters is 1. The van der Waals surface area contributed by atoms with E-state index in [1.807, 2.05) is 0 Å². The van der Waals surface area contributed by atoms with Crippen molar-refractivity contribution in [2.45, 2.75) is 0 Å². The van der Waals surface area contributed by atoms with Crippen LogP contribution >= 0.6 is 0 Å². The van der Waals surface area contributed by atoms with Crippen molar-refractivity contribution in [1.82, 2.24) is 0 Å². The van der Waals surface area contributed by atoms with Crippen LogP contribution in [0, 0.1) is 10.1 Å². The molecule has 1 aromatic rings. The molecule has 0 heterocycles. The molecule has 6 heteroatoms. The van der Waals surface area contributed by atoms with Crippen molar-refractivity contribution >= 4 is 11.7 Å². The fourth-order valence-electron chi connectivity index (χ4n) is 1.08. The first-order valence-electron chi connectivity index (χ1n) is 4.80. The van der Waals surface area contributed by atoms with Crippen molar-refractivity contribution in [2.24, 2.45) is 0 Å². The highest BCUT2D eigenvalue weighted by Crippen LogP contribution is 2.25. The van der Waals surface area contributed by atoms with Crippen LogP contribution < -0.4 is 4.74 Å². The second-order valence-corrected chi connectivity index (χ2v) is 2.94. The first-order chi connectivity index (χ1) is 8.15. The molecule has 0 saturated carbocycles. The highest BCUT2D eigenvalue weighted by molar-refractivity contribution is 5.81. The third-order valence-corrected chi connectivity index (χ3v) is 1.81. The van der Waals surface area contributed by atoms with Crippen LogP contribution in [0.25, 0.3) is 0 Å². The summed E-state index contributed by atoms with van der Waals surface area (Å²) in [5, 5.41) is 10.6. The fraction of sp³-hybridized carbons (Fsp3) is 0.182. The molecular formula is C11H11NO5. The fourth-order valence-corrected chi connectivity index (χ4v) is 1.08. The second kappa shape index (κ2) is 6.26. The van der Waals surface area contributed by atoms with E-state index in [0.29, 0.717) is 0 Å². The number of carbonyl (C=O) groups is 1. The Hall–Kier alpha value is -2.37. The second-order valence-electron chi connectivity index (χ2n) is 2.94. The zero-order chi connectivity index (χ0) is 12.7. The molecule has 0 N–H and O–H groups in total. The molecule has 0 aliphatic carbocycles. The lowest BCUT2D eigenvalue weighted by atomic mass is 10.3. The Kier molecular flexibility index (Phi) is 4.68. The lowest BCUT2D eigenvalue weighted by molar-refractivity contribution is -0.385. The van der Waals surface area contributed by atoms with E-state index in [4.69, 9.17) is 4.74 Å². The van der Waals surface area contributed by atoms with Crippen molar-refractivity contribution in [1.29, 1.82) is 0 Å². The minimum Gasteiger partial charge on any atom is -0.483 e. The van der Waals surface area contributed by atoms with Gasteiger partial charge in [0, 0.05) is 12.1 Å². The topological polar surface area (TPSA) is 78.7 Å². The standard InChI is InChI=1S/C11H11NO5/c1-2-11(13)17-8-7-16-10-6-4-3-5-9(10)12(14)15/h2-6H,1,7-8H2. The van der Waals surface area contributed by atoms with Crippen LogP contribution in [0.5, 0.6) is 5.75 Å². The third kappa shape index (κ3) is 3.94. The number of nitro groups is 1. The Labute approximate surface area is 97.6 Å². The molecule has 0 atom stereocenters. The van der Waals surface area contributed by atoms with Gasteiger partial charge in [-0.2, -0.15) is 0 Å². The summed E-state index contributed by atoms with van der Waals surface area (Å²) in [6, 6.07) is 5.99. The first-order valence-corrected chi connectivity index (χ1v) is 4.80. The van der Waals surface area contributed by atoms with Gasteiger partial charge in [0.1, 0.15) is 13.2 Å². The van der Waals surface area contributed by atoms with Gasteiger partial charge in [-0.15, -0.1) is 0 Å². The molecule has 0 amide bonds. The van der Waals surface area contributed by atoms with Crippen molar-refractivity contribution in [3.8, 4) is 5.75 Å². The van der Waals surface area contributed by atoms with Gasteiger partial charge in [-0.1, -0.05) is 18.7 Å². The monoisotopic (exact) mass is 237 g/mol. The molecular weight excluding hydrogens is 226 g/mol. The van der Waals surface area contributed by atoms with Gasteiger partial charge in [-0.25, -0.2) is 4.79 Å². The quantitative estimate of drug-likeness (QED) is 0.247. The Morgan fingerprint density at radius 1 is 1.41 bits per heavy atom. The molecule has 90 valence electrons. The molecule has 0 aliphatic rings. The predicted octanol–water partition coefficient (Wildman–Crippen LogP) is 1.70. The van der Waals surface area contributed by atoms with Crippen LogP contribution in [0.1, 0.15) is 0 Å². The summed E-state index contributed by atoms with van der Waals surface area (Å²) in [6.45, 7) is 3.29. The third-order valence-electron chi connectivity index (χ3n) is 1.81. The number of hydrogen-bond donors (Lipinski definition) is 0. The van der Waals surface area contributed by atoms with E-state index in [0.717, 1.165) is 6.08 Å². The van der Waals surface area contributed by atoms with Crippen LogP contribution in [-0.4, -0.2) is 24.1 Å².